The summed E-state index contributed by atoms with van der Waals surface area (Å²) in [7, 11) is 1.24. The maximum Gasteiger partial charge on any atom is 0.337 e. The minimum Gasteiger partial charge on any atom is -0.467 e. The summed E-state index contributed by atoms with van der Waals surface area (Å²) in [5.41, 5.74) is 0.945. The van der Waals surface area contributed by atoms with Crippen LogP contribution in [0.5, 0.6) is 0 Å². The van der Waals surface area contributed by atoms with Crippen molar-refractivity contribution in [2.75, 3.05) is 7.11 Å². The Morgan fingerprint density at radius 2 is 1.96 bits per heavy atom. The smallest absolute Gasteiger partial charge is 0.337 e. The largest absolute Gasteiger partial charge is 0.467 e. The average molecular weight is 338 g/mol. The molecule has 1 N–H and O–H groups in total. The third-order valence-corrected chi connectivity index (χ3v) is 4.06. The number of aliphatic hydroxyl groups is 1. The molecular formula is C17H22O7. The first-order valence-electron chi connectivity index (χ1n) is 7.84. The lowest BCUT2D eigenvalue weighted by atomic mass is 9.98. The molecule has 3 rings (SSSR count). The molecule has 7 nitrogen and oxygen atoms in total. The molecule has 2 heterocycles. The van der Waals surface area contributed by atoms with Crippen molar-refractivity contribution in [1.29, 1.82) is 0 Å². The zero-order chi connectivity index (χ0) is 17.3. The van der Waals surface area contributed by atoms with Crippen LogP contribution in [0.2, 0.25) is 0 Å². The number of carbonyl (C=O) groups is 1. The van der Waals surface area contributed by atoms with E-state index < -0.39 is 42.5 Å². The van der Waals surface area contributed by atoms with Gasteiger partial charge in [0.2, 0.25) is 0 Å². The van der Waals surface area contributed by atoms with Crippen LogP contribution in [0.4, 0.5) is 0 Å². The number of benzene rings is 1. The molecule has 0 spiro atoms. The summed E-state index contributed by atoms with van der Waals surface area (Å²) in [6.07, 6.45) is -4.64. The molecule has 0 unspecified atom stereocenters. The van der Waals surface area contributed by atoms with Gasteiger partial charge in [-0.15, -0.1) is 0 Å². The fourth-order valence-electron chi connectivity index (χ4n) is 2.95. The third kappa shape index (κ3) is 3.45. The number of rotatable bonds is 4. The van der Waals surface area contributed by atoms with Crippen molar-refractivity contribution in [2.24, 2.45) is 0 Å². The average Bonchev–Trinajstić information content (AvgIpc) is 2.87. The van der Waals surface area contributed by atoms with Crippen molar-refractivity contribution in [3.63, 3.8) is 0 Å². The van der Waals surface area contributed by atoms with Gasteiger partial charge in [0.25, 0.3) is 0 Å². The molecule has 2 fully saturated rings. The van der Waals surface area contributed by atoms with Crippen LogP contribution in [0.15, 0.2) is 30.3 Å². The number of hydrogen-bond donors (Lipinski definition) is 1. The maximum absolute atomic E-state index is 11.9. The molecule has 2 saturated heterocycles. The molecule has 24 heavy (non-hydrogen) atoms. The Morgan fingerprint density at radius 1 is 1.25 bits per heavy atom. The molecule has 0 amide bonds. The zero-order valence-electron chi connectivity index (χ0n) is 13.9. The van der Waals surface area contributed by atoms with E-state index in [0.29, 0.717) is 0 Å². The number of carbonyl (C=O) groups excluding carboxylic acids is 1. The van der Waals surface area contributed by atoms with Crippen molar-refractivity contribution >= 4 is 5.97 Å². The number of hydrogen-bond acceptors (Lipinski definition) is 7. The van der Waals surface area contributed by atoms with Crippen molar-refractivity contribution in [3.8, 4) is 0 Å². The van der Waals surface area contributed by atoms with E-state index in [0.717, 1.165) is 5.56 Å². The topological polar surface area (TPSA) is 83.5 Å². The van der Waals surface area contributed by atoms with Crippen LogP contribution in [0.3, 0.4) is 0 Å². The summed E-state index contributed by atoms with van der Waals surface area (Å²) in [4.78, 5) is 11.9. The second-order valence-electron chi connectivity index (χ2n) is 6.30. The molecule has 132 valence electrons. The molecule has 0 radical (unpaired) electrons. The summed E-state index contributed by atoms with van der Waals surface area (Å²) < 4.78 is 27.6. The Balaban J connectivity index is 1.78. The first-order chi connectivity index (χ1) is 11.4. The highest BCUT2D eigenvalue weighted by molar-refractivity contribution is 5.75. The normalized spacial score (nSPS) is 34.6. The van der Waals surface area contributed by atoms with E-state index in [9.17, 15) is 9.90 Å². The minimum absolute atomic E-state index is 0.267. The molecule has 1 aromatic rings. The second-order valence-corrected chi connectivity index (χ2v) is 6.30. The minimum atomic E-state index is -1.22. The highest BCUT2D eigenvalue weighted by Gasteiger charge is 2.56. The van der Waals surface area contributed by atoms with E-state index in [1.165, 1.54) is 7.11 Å². The predicted molar refractivity (Wildman–Crippen MR) is 81.7 cm³/mol. The zero-order valence-corrected chi connectivity index (χ0v) is 13.9. The van der Waals surface area contributed by atoms with Gasteiger partial charge in [-0.25, -0.2) is 4.79 Å². The summed E-state index contributed by atoms with van der Waals surface area (Å²) >= 11 is 0. The van der Waals surface area contributed by atoms with Gasteiger partial charge >= 0.3 is 5.97 Å². The van der Waals surface area contributed by atoms with Crippen LogP contribution < -0.4 is 0 Å². The van der Waals surface area contributed by atoms with Crippen molar-refractivity contribution < 1.29 is 33.6 Å². The van der Waals surface area contributed by atoms with Gasteiger partial charge in [0.05, 0.1) is 13.7 Å². The third-order valence-electron chi connectivity index (χ3n) is 4.06. The van der Waals surface area contributed by atoms with Gasteiger partial charge < -0.3 is 28.8 Å². The number of esters is 1. The van der Waals surface area contributed by atoms with Gasteiger partial charge in [0.15, 0.2) is 18.2 Å². The van der Waals surface area contributed by atoms with Crippen molar-refractivity contribution in [3.05, 3.63) is 35.9 Å². The molecule has 0 aromatic heterocycles. The first-order valence-corrected chi connectivity index (χ1v) is 7.84. The van der Waals surface area contributed by atoms with Gasteiger partial charge in [0.1, 0.15) is 18.3 Å². The molecule has 5 atom stereocenters. The van der Waals surface area contributed by atoms with Crippen molar-refractivity contribution in [2.45, 2.75) is 56.9 Å². The lowest BCUT2D eigenvalue weighted by Gasteiger charge is -2.38. The summed E-state index contributed by atoms with van der Waals surface area (Å²) in [6, 6.07) is 9.54. The van der Waals surface area contributed by atoms with E-state index >= 15 is 0 Å². The molecule has 1 aromatic carbocycles. The van der Waals surface area contributed by atoms with Crippen LogP contribution in [0.25, 0.3) is 0 Å². The van der Waals surface area contributed by atoms with Gasteiger partial charge in [-0.3, -0.25) is 0 Å². The summed E-state index contributed by atoms with van der Waals surface area (Å²) in [6.45, 7) is 3.74. The molecule has 0 saturated carbocycles. The van der Waals surface area contributed by atoms with Crippen LogP contribution in [0, 0.1) is 0 Å². The van der Waals surface area contributed by atoms with E-state index in [1.807, 2.05) is 30.3 Å². The molecular weight excluding hydrogens is 316 g/mol. The lowest BCUT2D eigenvalue weighted by molar-refractivity contribution is -0.260. The Bertz CT molecular complexity index is 574. The Labute approximate surface area is 140 Å². The predicted octanol–water partition coefficient (Wildman–Crippen LogP) is 0.982. The van der Waals surface area contributed by atoms with E-state index in [-0.39, 0.29) is 6.61 Å². The lowest BCUT2D eigenvalue weighted by Crippen LogP contribution is -2.59. The van der Waals surface area contributed by atoms with Crippen LogP contribution in [-0.2, 0) is 35.1 Å². The summed E-state index contributed by atoms with van der Waals surface area (Å²) in [5.74, 6) is -1.57. The van der Waals surface area contributed by atoms with Gasteiger partial charge in [-0.1, -0.05) is 30.3 Å². The van der Waals surface area contributed by atoms with E-state index in [2.05, 4.69) is 0 Å². The van der Waals surface area contributed by atoms with Gasteiger partial charge in [-0.2, -0.15) is 0 Å². The number of methoxy groups -OCH3 is 1. The molecule has 0 bridgehead atoms. The fraction of sp³-hybridized carbons (Fsp3) is 0.588. The van der Waals surface area contributed by atoms with E-state index in [1.54, 1.807) is 13.8 Å². The standard InChI is InChI=1S/C17H22O7/c1-17(2)23-14-12(21-9-10-7-5-4-6-8-10)11(18)13(15(19)20-3)22-16(14)24-17/h4-8,11-14,16,18H,9H2,1-3H3/t11-,12-,13+,14+,16+/m1/s1. The Kier molecular flexibility index (Phi) is 4.89. The first kappa shape index (κ1) is 17.3. The van der Waals surface area contributed by atoms with Crippen LogP contribution in [-0.4, -0.2) is 54.7 Å². The summed E-state index contributed by atoms with van der Waals surface area (Å²) in [5, 5.41) is 10.5. The number of aliphatic hydroxyl groups excluding tert-OH is 1. The second kappa shape index (κ2) is 6.78. The fourth-order valence-corrected chi connectivity index (χ4v) is 2.95. The number of ether oxygens (including phenoxy) is 5. The van der Waals surface area contributed by atoms with Gasteiger partial charge in [-0.05, 0) is 19.4 Å². The Morgan fingerprint density at radius 3 is 2.62 bits per heavy atom. The molecule has 0 aliphatic carbocycles. The Hall–Kier alpha value is -1.51. The van der Waals surface area contributed by atoms with Crippen molar-refractivity contribution in [1.82, 2.24) is 0 Å². The quantitative estimate of drug-likeness (QED) is 0.819. The highest BCUT2D eigenvalue weighted by Crippen LogP contribution is 2.38. The van der Waals surface area contributed by atoms with E-state index in [4.69, 9.17) is 23.7 Å². The molecule has 2 aliphatic heterocycles. The molecule has 7 heteroatoms. The van der Waals surface area contributed by atoms with Crippen LogP contribution in [0.1, 0.15) is 19.4 Å². The number of fused-ring (bicyclic) bond motifs is 1. The van der Waals surface area contributed by atoms with Crippen LogP contribution >= 0.6 is 0 Å². The van der Waals surface area contributed by atoms with Gasteiger partial charge in [0, 0.05) is 0 Å². The molecule has 2 aliphatic rings. The monoisotopic (exact) mass is 338 g/mol. The highest BCUT2D eigenvalue weighted by atomic mass is 16.8. The SMILES string of the molecule is COC(=O)[C@H]1O[C@H]2OC(C)(C)O[C@H]2[C@H](OCc2ccccc2)[C@H]1O. The maximum atomic E-state index is 11.9.